The van der Waals surface area contributed by atoms with E-state index in [1.807, 2.05) is 0 Å². The summed E-state index contributed by atoms with van der Waals surface area (Å²) in [5.74, 6) is 0. The van der Waals surface area contributed by atoms with Crippen molar-refractivity contribution < 1.29 is 14.6 Å². The second kappa shape index (κ2) is 13.0. The van der Waals surface area contributed by atoms with Crippen LogP contribution in [-0.4, -0.2) is 55.8 Å². The minimum atomic E-state index is -0.351. The van der Waals surface area contributed by atoms with Crippen LogP contribution in [0.1, 0.15) is 77.0 Å². The van der Waals surface area contributed by atoms with Crippen molar-refractivity contribution in [3.63, 3.8) is 0 Å². The van der Waals surface area contributed by atoms with Gasteiger partial charge in [0.05, 0.1) is 12.2 Å². The smallest absolute Gasteiger partial charge is 0.0856 e. The van der Waals surface area contributed by atoms with Crippen LogP contribution in [0, 0.1) is 0 Å². The number of unbranched alkanes of at least 4 members (excludes halogenated alkanes) is 8. The van der Waals surface area contributed by atoms with Gasteiger partial charge in [0.2, 0.25) is 0 Å². The molecule has 0 bridgehead atoms. The van der Waals surface area contributed by atoms with E-state index in [1.165, 1.54) is 57.8 Å². The first kappa shape index (κ1) is 21.1. The summed E-state index contributed by atoms with van der Waals surface area (Å²) in [5.41, 5.74) is 5.81. The van der Waals surface area contributed by atoms with Crippen LogP contribution >= 0.6 is 0 Å². The Balaban J connectivity index is 1.28. The van der Waals surface area contributed by atoms with Crippen molar-refractivity contribution in [1.82, 2.24) is 5.32 Å². The van der Waals surface area contributed by atoms with E-state index >= 15 is 0 Å². The van der Waals surface area contributed by atoms with Crippen LogP contribution in [0.3, 0.4) is 0 Å². The Labute approximate surface area is 154 Å². The van der Waals surface area contributed by atoms with Crippen LogP contribution in [0.25, 0.3) is 0 Å². The van der Waals surface area contributed by atoms with Gasteiger partial charge in [0.25, 0.3) is 0 Å². The largest absolute Gasteiger partial charge is 0.390 e. The molecular formula is C20H40N2O3. The lowest BCUT2D eigenvalue weighted by atomic mass is 10.0. The van der Waals surface area contributed by atoms with E-state index in [1.54, 1.807) is 0 Å². The number of nitrogens with one attached hydrogen (secondary N) is 1. The van der Waals surface area contributed by atoms with Crippen LogP contribution in [-0.2, 0) is 9.47 Å². The highest BCUT2D eigenvalue weighted by molar-refractivity contribution is 4.92. The molecule has 0 aromatic heterocycles. The van der Waals surface area contributed by atoms with Crippen molar-refractivity contribution in [2.24, 2.45) is 5.73 Å². The standard InChI is InChI=1S/C20H40N2O3/c21-18-16-22-19(20(18)23)10-8-6-4-2-1-3-5-7-9-13-25-17-11-14-24-15-12-17/h17-20,22-23H,1-16,21H2/t18-,19+,20-/m0/s1. The Morgan fingerprint density at radius 3 is 2.12 bits per heavy atom. The van der Waals surface area contributed by atoms with Crippen molar-refractivity contribution in [3.8, 4) is 0 Å². The van der Waals surface area contributed by atoms with E-state index in [4.69, 9.17) is 15.2 Å². The lowest BCUT2D eigenvalue weighted by Gasteiger charge is -2.22. The summed E-state index contributed by atoms with van der Waals surface area (Å²) >= 11 is 0. The van der Waals surface area contributed by atoms with Crippen LogP contribution in [0.5, 0.6) is 0 Å². The molecule has 2 aliphatic heterocycles. The molecule has 0 unspecified atom stereocenters. The number of rotatable bonds is 13. The number of hydrogen-bond donors (Lipinski definition) is 3. The molecule has 2 saturated heterocycles. The van der Waals surface area contributed by atoms with Crippen LogP contribution in [0.15, 0.2) is 0 Å². The molecule has 2 rings (SSSR count). The van der Waals surface area contributed by atoms with Crippen molar-refractivity contribution in [1.29, 1.82) is 0 Å². The fourth-order valence-corrected chi connectivity index (χ4v) is 3.90. The van der Waals surface area contributed by atoms with Gasteiger partial charge in [0, 0.05) is 38.4 Å². The highest BCUT2D eigenvalue weighted by Crippen LogP contribution is 2.16. The van der Waals surface area contributed by atoms with E-state index in [9.17, 15) is 5.11 Å². The molecule has 3 atom stereocenters. The summed E-state index contributed by atoms with van der Waals surface area (Å²) < 4.78 is 11.2. The molecule has 5 nitrogen and oxygen atoms in total. The van der Waals surface area contributed by atoms with Crippen molar-refractivity contribution >= 4 is 0 Å². The summed E-state index contributed by atoms with van der Waals surface area (Å²) in [4.78, 5) is 0. The van der Waals surface area contributed by atoms with Gasteiger partial charge in [0.15, 0.2) is 0 Å². The number of ether oxygens (including phenoxy) is 2. The molecule has 0 saturated carbocycles. The van der Waals surface area contributed by atoms with Gasteiger partial charge < -0.3 is 25.6 Å². The normalized spacial score (nSPS) is 27.8. The molecule has 2 heterocycles. The van der Waals surface area contributed by atoms with Gasteiger partial charge in [-0.05, 0) is 25.7 Å². The zero-order valence-corrected chi connectivity index (χ0v) is 16.0. The third kappa shape index (κ3) is 8.83. The van der Waals surface area contributed by atoms with Gasteiger partial charge in [-0.2, -0.15) is 0 Å². The molecule has 0 aliphatic carbocycles. The zero-order valence-electron chi connectivity index (χ0n) is 16.0. The predicted octanol–water partition coefficient (Wildman–Crippen LogP) is 2.74. The quantitative estimate of drug-likeness (QED) is 0.442. The molecule has 4 N–H and O–H groups in total. The van der Waals surface area contributed by atoms with Gasteiger partial charge >= 0.3 is 0 Å². The molecule has 2 aliphatic rings. The predicted molar refractivity (Wildman–Crippen MR) is 102 cm³/mol. The SMILES string of the molecule is N[C@H]1CN[C@H](CCCCCCCCCCCOC2CCOCC2)[C@H]1O. The van der Waals surface area contributed by atoms with Crippen molar-refractivity contribution in [2.45, 2.75) is 101 Å². The molecule has 0 radical (unpaired) electrons. The minimum absolute atomic E-state index is 0.0768. The Bertz CT molecular complexity index is 324. The number of aliphatic hydroxyl groups excluding tert-OH is 1. The maximum atomic E-state index is 9.89. The first-order valence-corrected chi connectivity index (χ1v) is 10.6. The van der Waals surface area contributed by atoms with E-state index in [-0.39, 0.29) is 18.2 Å². The number of aliphatic hydroxyl groups is 1. The molecule has 2 fully saturated rings. The summed E-state index contributed by atoms with van der Waals surface area (Å²) in [7, 11) is 0. The van der Waals surface area contributed by atoms with Gasteiger partial charge in [-0.1, -0.05) is 51.4 Å². The third-order valence-electron chi connectivity index (χ3n) is 5.65. The van der Waals surface area contributed by atoms with Crippen molar-refractivity contribution in [3.05, 3.63) is 0 Å². The van der Waals surface area contributed by atoms with E-state index < -0.39 is 0 Å². The maximum Gasteiger partial charge on any atom is 0.0856 e. The molecule has 148 valence electrons. The Morgan fingerprint density at radius 1 is 0.920 bits per heavy atom. The van der Waals surface area contributed by atoms with Crippen LogP contribution in [0.4, 0.5) is 0 Å². The first-order chi connectivity index (χ1) is 12.3. The lowest BCUT2D eigenvalue weighted by Crippen LogP contribution is -2.37. The molecule has 0 amide bonds. The van der Waals surface area contributed by atoms with Gasteiger partial charge in [-0.3, -0.25) is 0 Å². The fraction of sp³-hybridized carbons (Fsp3) is 1.00. The van der Waals surface area contributed by atoms with Gasteiger partial charge in [0.1, 0.15) is 0 Å². The van der Waals surface area contributed by atoms with Crippen LogP contribution in [0.2, 0.25) is 0 Å². The Hall–Kier alpha value is -0.200. The van der Waals surface area contributed by atoms with Crippen LogP contribution < -0.4 is 11.1 Å². The zero-order chi connectivity index (χ0) is 17.7. The Morgan fingerprint density at radius 2 is 1.52 bits per heavy atom. The lowest BCUT2D eigenvalue weighted by molar-refractivity contribution is -0.0327. The molecule has 0 aromatic rings. The van der Waals surface area contributed by atoms with Gasteiger partial charge in [-0.15, -0.1) is 0 Å². The second-order valence-corrected chi connectivity index (χ2v) is 7.82. The second-order valence-electron chi connectivity index (χ2n) is 7.82. The summed E-state index contributed by atoms with van der Waals surface area (Å²) in [6.45, 7) is 3.42. The van der Waals surface area contributed by atoms with Crippen molar-refractivity contribution in [2.75, 3.05) is 26.4 Å². The summed E-state index contributed by atoms with van der Waals surface area (Å²) in [5, 5.41) is 13.2. The fourth-order valence-electron chi connectivity index (χ4n) is 3.90. The summed E-state index contributed by atoms with van der Waals surface area (Å²) in [6, 6.07) is 0.144. The summed E-state index contributed by atoms with van der Waals surface area (Å²) in [6.07, 6.45) is 15.0. The van der Waals surface area contributed by atoms with E-state index in [0.29, 0.717) is 6.10 Å². The van der Waals surface area contributed by atoms with E-state index in [0.717, 1.165) is 45.6 Å². The molecule has 5 heteroatoms. The minimum Gasteiger partial charge on any atom is -0.390 e. The average molecular weight is 357 g/mol. The average Bonchev–Trinajstić information content (AvgIpc) is 2.95. The molecule has 25 heavy (non-hydrogen) atoms. The van der Waals surface area contributed by atoms with Gasteiger partial charge in [-0.25, -0.2) is 0 Å². The molecule has 0 aromatic carbocycles. The molecular weight excluding hydrogens is 316 g/mol. The monoisotopic (exact) mass is 356 g/mol. The van der Waals surface area contributed by atoms with E-state index in [2.05, 4.69) is 5.32 Å². The Kier molecular flexibility index (Phi) is 11.0. The highest BCUT2D eigenvalue weighted by atomic mass is 16.5. The third-order valence-corrected chi connectivity index (χ3v) is 5.65. The topological polar surface area (TPSA) is 76.7 Å². The maximum absolute atomic E-state index is 9.89. The molecule has 0 spiro atoms. The number of hydrogen-bond acceptors (Lipinski definition) is 5. The highest BCUT2D eigenvalue weighted by Gasteiger charge is 2.30. The first-order valence-electron chi connectivity index (χ1n) is 10.6. The number of nitrogens with two attached hydrogens (primary N) is 1.